The summed E-state index contributed by atoms with van der Waals surface area (Å²) in [6, 6.07) is 8.26. The van der Waals surface area contributed by atoms with Crippen LogP contribution in [0.1, 0.15) is 18.4 Å². The number of hydrogen-bond acceptors (Lipinski definition) is 2. The van der Waals surface area contributed by atoms with Crippen LogP contribution in [-0.4, -0.2) is 19.7 Å². The summed E-state index contributed by atoms with van der Waals surface area (Å²) < 4.78 is 5.79. The number of piperidine rings is 1. The van der Waals surface area contributed by atoms with Gasteiger partial charge in [0.05, 0.1) is 6.61 Å². The molecule has 1 aromatic rings. The van der Waals surface area contributed by atoms with E-state index in [2.05, 4.69) is 24.4 Å². The molecule has 0 bridgehead atoms. The number of rotatable bonds is 3. The molecule has 2 nitrogen and oxygen atoms in total. The quantitative estimate of drug-likeness (QED) is 0.818. The number of benzene rings is 1. The van der Waals surface area contributed by atoms with Gasteiger partial charge in [-0.2, -0.15) is 0 Å². The monoisotopic (exact) mass is 205 g/mol. The van der Waals surface area contributed by atoms with E-state index in [9.17, 15) is 0 Å². The average molecular weight is 205 g/mol. The predicted molar refractivity (Wildman–Crippen MR) is 62.3 cm³/mol. The van der Waals surface area contributed by atoms with Crippen LogP contribution in [0.5, 0.6) is 5.75 Å². The second-order valence-electron chi connectivity index (χ2n) is 4.34. The van der Waals surface area contributed by atoms with E-state index in [1.807, 2.05) is 12.1 Å². The molecular formula is C13H19NO. The Morgan fingerprint density at radius 2 is 2.40 bits per heavy atom. The fourth-order valence-electron chi connectivity index (χ4n) is 1.99. The van der Waals surface area contributed by atoms with Crippen LogP contribution < -0.4 is 10.1 Å². The molecule has 1 atom stereocenters. The van der Waals surface area contributed by atoms with Gasteiger partial charge in [0.1, 0.15) is 5.75 Å². The van der Waals surface area contributed by atoms with E-state index in [4.69, 9.17) is 4.74 Å². The lowest BCUT2D eigenvalue weighted by atomic mass is 10.0. The Kier molecular flexibility index (Phi) is 3.62. The summed E-state index contributed by atoms with van der Waals surface area (Å²) in [5, 5.41) is 3.40. The second kappa shape index (κ2) is 5.17. The van der Waals surface area contributed by atoms with Crippen molar-refractivity contribution in [1.29, 1.82) is 0 Å². The van der Waals surface area contributed by atoms with Crippen LogP contribution in [0.25, 0.3) is 0 Å². The number of hydrogen-bond donors (Lipinski definition) is 1. The molecule has 2 heteroatoms. The first kappa shape index (κ1) is 10.5. The predicted octanol–water partition coefficient (Wildman–Crippen LogP) is 2.37. The Bertz CT molecular complexity index is 305. The minimum Gasteiger partial charge on any atom is -0.493 e. The van der Waals surface area contributed by atoms with Crippen LogP contribution in [-0.2, 0) is 0 Å². The standard InChI is InChI=1S/C13H19NO/c1-11-4-2-6-13(8-11)15-10-12-5-3-7-14-9-12/h2,4,6,8,12,14H,3,5,7,9-10H2,1H3/t12-/m0/s1. The van der Waals surface area contributed by atoms with Gasteiger partial charge in [-0.25, -0.2) is 0 Å². The van der Waals surface area contributed by atoms with Crippen molar-refractivity contribution < 1.29 is 4.74 Å². The van der Waals surface area contributed by atoms with Gasteiger partial charge in [-0.05, 0) is 44.0 Å². The fourth-order valence-corrected chi connectivity index (χ4v) is 1.99. The zero-order valence-electron chi connectivity index (χ0n) is 9.33. The molecule has 1 fully saturated rings. The molecule has 0 amide bonds. The van der Waals surface area contributed by atoms with Gasteiger partial charge in [0.2, 0.25) is 0 Å². The highest BCUT2D eigenvalue weighted by Crippen LogP contribution is 2.16. The van der Waals surface area contributed by atoms with Crippen molar-refractivity contribution >= 4 is 0 Å². The molecule has 0 aromatic heterocycles. The third-order valence-electron chi connectivity index (χ3n) is 2.87. The van der Waals surface area contributed by atoms with Crippen molar-refractivity contribution in [3.8, 4) is 5.75 Å². The summed E-state index contributed by atoms with van der Waals surface area (Å²) in [4.78, 5) is 0. The molecule has 0 saturated carbocycles. The lowest BCUT2D eigenvalue weighted by Gasteiger charge is -2.22. The number of aryl methyl sites for hydroxylation is 1. The van der Waals surface area contributed by atoms with Gasteiger partial charge in [0.25, 0.3) is 0 Å². The summed E-state index contributed by atoms with van der Waals surface area (Å²) in [6.07, 6.45) is 2.57. The van der Waals surface area contributed by atoms with Crippen molar-refractivity contribution in [3.05, 3.63) is 29.8 Å². The van der Waals surface area contributed by atoms with E-state index in [1.165, 1.54) is 24.9 Å². The molecule has 0 unspecified atom stereocenters. The smallest absolute Gasteiger partial charge is 0.119 e. The molecule has 0 spiro atoms. The maximum atomic E-state index is 5.79. The molecule has 1 aliphatic heterocycles. The molecule has 82 valence electrons. The molecule has 1 saturated heterocycles. The third kappa shape index (κ3) is 3.24. The van der Waals surface area contributed by atoms with Gasteiger partial charge in [-0.15, -0.1) is 0 Å². The summed E-state index contributed by atoms with van der Waals surface area (Å²) in [5.74, 6) is 1.68. The molecule has 0 aliphatic carbocycles. The molecule has 1 aliphatic rings. The van der Waals surface area contributed by atoms with Crippen LogP contribution in [0, 0.1) is 12.8 Å². The van der Waals surface area contributed by atoms with Crippen LogP contribution >= 0.6 is 0 Å². The van der Waals surface area contributed by atoms with Crippen LogP contribution in [0.15, 0.2) is 24.3 Å². The lowest BCUT2D eigenvalue weighted by molar-refractivity contribution is 0.218. The van der Waals surface area contributed by atoms with E-state index in [0.29, 0.717) is 5.92 Å². The Morgan fingerprint density at radius 3 is 3.13 bits per heavy atom. The average Bonchev–Trinajstić information content (AvgIpc) is 2.28. The van der Waals surface area contributed by atoms with Crippen molar-refractivity contribution in [2.45, 2.75) is 19.8 Å². The van der Waals surface area contributed by atoms with Crippen LogP contribution in [0.3, 0.4) is 0 Å². The van der Waals surface area contributed by atoms with Gasteiger partial charge in [0.15, 0.2) is 0 Å². The highest BCUT2D eigenvalue weighted by atomic mass is 16.5. The van der Waals surface area contributed by atoms with Gasteiger partial charge in [-0.1, -0.05) is 12.1 Å². The molecule has 15 heavy (non-hydrogen) atoms. The van der Waals surface area contributed by atoms with Gasteiger partial charge < -0.3 is 10.1 Å². The van der Waals surface area contributed by atoms with Crippen molar-refractivity contribution in [3.63, 3.8) is 0 Å². The Morgan fingerprint density at radius 1 is 1.47 bits per heavy atom. The molecule has 1 N–H and O–H groups in total. The topological polar surface area (TPSA) is 21.3 Å². The van der Waals surface area contributed by atoms with E-state index < -0.39 is 0 Å². The highest BCUT2D eigenvalue weighted by Gasteiger charge is 2.13. The second-order valence-corrected chi connectivity index (χ2v) is 4.34. The SMILES string of the molecule is Cc1cccc(OC[C@H]2CCCNC2)c1. The zero-order chi connectivity index (χ0) is 10.5. The highest BCUT2D eigenvalue weighted by molar-refractivity contribution is 5.27. The van der Waals surface area contributed by atoms with Crippen molar-refractivity contribution in [1.82, 2.24) is 5.32 Å². The Labute approximate surface area is 91.6 Å². The van der Waals surface area contributed by atoms with E-state index >= 15 is 0 Å². The molecular weight excluding hydrogens is 186 g/mol. The minimum absolute atomic E-state index is 0.680. The summed E-state index contributed by atoms with van der Waals surface area (Å²) >= 11 is 0. The molecule has 1 heterocycles. The van der Waals surface area contributed by atoms with E-state index in [-0.39, 0.29) is 0 Å². The van der Waals surface area contributed by atoms with Crippen LogP contribution in [0.4, 0.5) is 0 Å². The lowest BCUT2D eigenvalue weighted by Crippen LogP contribution is -2.33. The maximum Gasteiger partial charge on any atom is 0.119 e. The summed E-state index contributed by atoms with van der Waals surface area (Å²) in [6.45, 7) is 5.21. The van der Waals surface area contributed by atoms with E-state index in [1.54, 1.807) is 0 Å². The van der Waals surface area contributed by atoms with Crippen molar-refractivity contribution in [2.75, 3.05) is 19.7 Å². The largest absolute Gasteiger partial charge is 0.493 e. The number of nitrogens with one attached hydrogen (secondary N) is 1. The zero-order valence-corrected chi connectivity index (χ0v) is 9.33. The molecule has 1 aromatic carbocycles. The summed E-state index contributed by atoms with van der Waals surface area (Å²) in [7, 11) is 0. The fraction of sp³-hybridized carbons (Fsp3) is 0.538. The maximum absolute atomic E-state index is 5.79. The number of ether oxygens (including phenoxy) is 1. The molecule has 0 radical (unpaired) electrons. The first-order valence-corrected chi connectivity index (χ1v) is 5.75. The first-order chi connectivity index (χ1) is 7.34. The van der Waals surface area contributed by atoms with Crippen LogP contribution in [0.2, 0.25) is 0 Å². The Hall–Kier alpha value is -1.02. The minimum atomic E-state index is 0.680. The van der Waals surface area contributed by atoms with Gasteiger partial charge in [-0.3, -0.25) is 0 Å². The normalized spacial score (nSPS) is 21.3. The van der Waals surface area contributed by atoms with E-state index in [0.717, 1.165) is 18.9 Å². The van der Waals surface area contributed by atoms with Crippen molar-refractivity contribution in [2.24, 2.45) is 5.92 Å². The molecule has 2 rings (SSSR count). The first-order valence-electron chi connectivity index (χ1n) is 5.75. The van der Waals surface area contributed by atoms with Gasteiger partial charge in [0, 0.05) is 12.5 Å². The van der Waals surface area contributed by atoms with Gasteiger partial charge >= 0.3 is 0 Å². The third-order valence-corrected chi connectivity index (χ3v) is 2.87. The summed E-state index contributed by atoms with van der Waals surface area (Å²) in [5.41, 5.74) is 1.26. The Balaban J connectivity index is 1.81.